The van der Waals surface area contributed by atoms with E-state index >= 15 is 0 Å². The van der Waals surface area contributed by atoms with Crippen molar-refractivity contribution in [2.24, 2.45) is 5.92 Å². The van der Waals surface area contributed by atoms with Gasteiger partial charge in [0.2, 0.25) is 15.9 Å². The number of carbonyl (C=O) groups is 1. The number of thiophene rings is 1. The monoisotopic (exact) mass is 535 g/mol. The number of hydrogen-bond donors (Lipinski definition) is 0. The molecule has 8 nitrogen and oxygen atoms in total. The third-order valence-electron chi connectivity index (χ3n) is 5.13. The minimum absolute atomic E-state index is 0.0721. The smallest absolute Gasteiger partial charge is 0.289 e. The van der Waals surface area contributed by atoms with E-state index in [2.05, 4.69) is 0 Å². The summed E-state index contributed by atoms with van der Waals surface area (Å²) in [6.07, 6.45) is 0. The number of amides is 1. The maximum atomic E-state index is 13.5. The van der Waals surface area contributed by atoms with E-state index in [-0.39, 0.29) is 28.3 Å². The first-order valence-corrected chi connectivity index (χ1v) is 13.6. The van der Waals surface area contributed by atoms with Crippen molar-refractivity contribution in [2.45, 2.75) is 31.8 Å². The van der Waals surface area contributed by atoms with Gasteiger partial charge in [0, 0.05) is 24.0 Å². The normalized spacial score (nSPS) is 11.7. The van der Waals surface area contributed by atoms with Gasteiger partial charge in [-0.15, -0.1) is 11.3 Å². The summed E-state index contributed by atoms with van der Waals surface area (Å²) in [6, 6.07) is 16.6. The Bertz CT molecular complexity index is 1270. The topological polar surface area (TPSA) is 101 Å². The van der Waals surface area contributed by atoms with Crippen LogP contribution in [0.25, 0.3) is 0 Å². The van der Waals surface area contributed by atoms with Crippen LogP contribution in [0.3, 0.4) is 0 Å². The SMILES string of the molecule is CC(C)CN(CC(=O)N(Cc1ccccc1)Cc1cccs1)S(=O)(=O)c1ccc(Cl)c([N+](=O)[O-])c1. The second-order valence-electron chi connectivity index (χ2n) is 8.38. The lowest BCUT2D eigenvalue weighted by Crippen LogP contribution is -2.43. The Labute approximate surface area is 214 Å². The zero-order valence-electron chi connectivity index (χ0n) is 19.3. The van der Waals surface area contributed by atoms with Crippen molar-refractivity contribution in [1.29, 1.82) is 0 Å². The molecule has 11 heteroatoms. The Hall–Kier alpha value is -2.79. The van der Waals surface area contributed by atoms with Crippen LogP contribution >= 0.6 is 22.9 Å². The number of nitro benzene ring substituents is 1. The first-order chi connectivity index (χ1) is 16.6. The molecule has 0 fully saturated rings. The summed E-state index contributed by atoms with van der Waals surface area (Å²) in [5, 5.41) is 13.1. The molecule has 186 valence electrons. The van der Waals surface area contributed by atoms with Gasteiger partial charge in [-0.2, -0.15) is 4.31 Å². The molecule has 35 heavy (non-hydrogen) atoms. The zero-order valence-corrected chi connectivity index (χ0v) is 21.7. The molecule has 2 aromatic carbocycles. The molecular weight excluding hydrogens is 510 g/mol. The van der Waals surface area contributed by atoms with E-state index in [4.69, 9.17) is 11.6 Å². The standard InChI is InChI=1S/C24H26ClN3O5S2/c1-18(2)14-27(35(32,33)21-10-11-22(25)23(13-21)28(30)31)17-24(29)26(16-20-9-6-12-34-20)15-19-7-4-3-5-8-19/h3-13,18H,14-17H2,1-2H3. The molecule has 0 spiro atoms. The molecule has 0 N–H and O–H groups in total. The molecule has 1 heterocycles. The second-order valence-corrected chi connectivity index (χ2v) is 11.8. The molecule has 1 amide bonds. The highest BCUT2D eigenvalue weighted by atomic mass is 35.5. The number of nitrogens with zero attached hydrogens (tertiary/aromatic N) is 3. The van der Waals surface area contributed by atoms with Gasteiger partial charge in [-0.3, -0.25) is 14.9 Å². The van der Waals surface area contributed by atoms with Crippen LogP contribution in [0.4, 0.5) is 5.69 Å². The predicted octanol–water partition coefficient (Wildman–Crippen LogP) is 5.19. The molecule has 0 atom stereocenters. The van der Waals surface area contributed by atoms with Crippen LogP contribution in [0.1, 0.15) is 24.3 Å². The van der Waals surface area contributed by atoms with Crippen LogP contribution in [-0.2, 0) is 27.9 Å². The predicted molar refractivity (Wildman–Crippen MR) is 137 cm³/mol. The van der Waals surface area contributed by atoms with Crippen LogP contribution < -0.4 is 0 Å². The summed E-state index contributed by atoms with van der Waals surface area (Å²) < 4.78 is 28.0. The van der Waals surface area contributed by atoms with Crippen molar-refractivity contribution in [3.8, 4) is 0 Å². The number of sulfonamides is 1. The average molecular weight is 536 g/mol. The fourth-order valence-corrected chi connectivity index (χ4v) is 5.95. The Morgan fingerprint density at radius 2 is 1.80 bits per heavy atom. The number of halogens is 1. The minimum atomic E-state index is -4.21. The minimum Gasteiger partial charge on any atom is -0.332 e. The summed E-state index contributed by atoms with van der Waals surface area (Å²) >= 11 is 7.38. The Kier molecular flexibility index (Phi) is 9.01. The van der Waals surface area contributed by atoms with E-state index in [9.17, 15) is 23.3 Å². The van der Waals surface area contributed by atoms with Crippen LogP contribution in [0.5, 0.6) is 0 Å². The van der Waals surface area contributed by atoms with Gasteiger partial charge in [0.25, 0.3) is 5.69 Å². The fraction of sp³-hybridized carbons (Fsp3) is 0.292. The highest BCUT2D eigenvalue weighted by Gasteiger charge is 2.31. The molecule has 0 saturated carbocycles. The molecule has 0 unspecified atom stereocenters. The number of benzene rings is 2. The third kappa shape index (κ3) is 7.11. The Morgan fingerprint density at radius 1 is 1.09 bits per heavy atom. The molecule has 0 saturated heterocycles. The molecule has 0 aliphatic rings. The highest BCUT2D eigenvalue weighted by Crippen LogP contribution is 2.29. The first kappa shape index (κ1) is 26.8. The third-order valence-corrected chi connectivity index (χ3v) is 8.12. The molecule has 0 bridgehead atoms. The number of nitro groups is 1. The quantitative estimate of drug-likeness (QED) is 0.248. The van der Waals surface area contributed by atoms with E-state index in [1.807, 2.05) is 61.7 Å². The summed E-state index contributed by atoms with van der Waals surface area (Å²) in [7, 11) is -4.21. The van der Waals surface area contributed by atoms with Crippen molar-refractivity contribution < 1.29 is 18.1 Å². The van der Waals surface area contributed by atoms with Crippen LogP contribution in [-0.4, -0.2) is 41.5 Å². The lowest BCUT2D eigenvalue weighted by Gasteiger charge is -2.28. The van der Waals surface area contributed by atoms with E-state index in [0.717, 1.165) is 20.8 Å². The molecule has 3 rings (SSSR count). The Balaban J connectivity index is 1.91. The molecule has 3 aromatic rings. The highest BCUT2D eigenvalue weighted by molar-refractivity contribution is 7.89. The van der Waals surface area contributed by atoms with E-state index in [1.165, 1.54) is 23.5 Å². The summed E-state index contributed by atoms with van der Waals surface area (Å²) in [6.45, 7) is 4.01. The van der Waals surface area contributed by atoms with Crippen molar-refractivity contribution >= 4 is 44.6 Å². The molecule has 0 radical (unpaired) electrons. The number of carbonyl (C=O) groups excluding carboxylic acids is 1. The van der Waals surface area contributed by atoms with Crippen molar-refractivity contribution in [1.82, 2.24) is 9.21 Å². The summed E-state index contributed by atoms with van der Waals surface area (Å²) in [5.74, 6) is -0.449. The molecule has 1 aromatic heterocycles. The van der Waals surface area contributed by atoms with E-state index < -0.39 is 27.2 Å². The summed E-state index contributed by atoms with van der Waals surface area (Å²) in [4.78, 5) is 26.3. The van der Waals surface area contributed by atoms with Crippen molar-refractivity contribution in [3.63, 3.8) is 0 Å². The number of hydrogen-bond acceptors (Lipinski definition) is 6. The van der Waals surface area contributed by atoms with Crippen LogP contribution in [0, 0.1) is 16.0 Å². The summed E-state index contributed by atoms with van der Waals surface area (Å²) in [5.41, 5.74) is 0.413. The average Bonchev–Trinajstić information content (AvgIpc) is 3.31. The molecular formula is C24H26ClN3O5S2. The molecule has 0 aliphatic carbocycles. The van der Waals surface area contributed by atoms with Gasteiger partial charge in [-0.25, -0.2) is 8.42 Å². The maximum absolute atomic E-state index is 13.5. The Morgan fingerprint density at radius 3 is 2.40 bits per heavy atom. The van der Waals surface area contributed by atoms with Gasteiger partial charge in [0.1, 0.15) is 5.02 Å². The first-order valence-electron chi connectivity index (χ1n) is 10.9. The lowest BCUT2D eigenvalue weighted by molar-refractivity contribution is -0.384. The van der Waals surface area contributed by atoms with Gasteiger partial charge in [-0.05, 0) is 35.1 Å². The fourth-order valence-electron chi connectivity index (χ4n) is 3.47. The van der Waals surface area contributed by atoms with Gasteiger partial charge in [0.15, 0.2) is 0 Å². The van der Waals surface area contributed by atoms with Gasteiger partial charge < -0.3 is 4.90 Å². The van der Waals surface area contributed by atoms with E-state index in [1.54, 1.807) is 4.90 Å². The lowest BCUT2D eigenvalue weighted by atomic mass is 10.2. The van der Waals surface area contributed by atoms with Crippen molar-refractivity contribution in [3.05, 3.63) is 91.6 Å². The van der Waals surface area contributed by atoms with E-state index in [0.29, 0.717) is 13.1 Å². The van der Waals surface area contributed by atoms with Gasteiger partial charge in [0.05, 0.1) is 22.9 Å². The number of rotatable bonds is 11. The molecule has 0 aliphatic heterocycles. The maximum Gasteiger partial charge on any atom is 0.289 e. The van der Waals surface area contributed by atoms with Gasteiger partial charge in [-0.1, -0.05) is 61.8 Å². The zero-order chi connectivity index (χ0) is 25.6. The van der Waals surface area contributed by atoms with Crippen LogP contribution in [0.2, 0.25) is 5.02 Å². The van der Waals surface area contributed by atoms with Gasteiger partial charge >= 0.3 is 0 Å². The van der Waals surface area contributed by atoms with Crippen molar-refractivity contribution in [2.75, 3.05) is 13.1 Å². The van der Waals surface area contributed by atoms with Crippen LogP contribution in [0.15, 0.2) is 70.9 Å². The largest absolute Gasteiger partial charge is 0.332 e. The second kappa shape index (κ2) is 11.8.